The van der Waals surface area contributed by atoms with Gasteiger partial charge in [-0.3, -0.25) is 0 Å². The van der Waals surface area contributed by atoms with Crippen LogP contribution in [0.15, 0.2) is 82.7 Å². The highest BCUT2D eigenvalue weighted by Crippen LogP contribution is 2.35. The maximum absolute atomic E-state index is 4.55. The van der Waals surface area contributed by atoms with Crippen LogP contribution in [-0.2, 0) is 0 Å². The largest absolute Gasteiger partial charge is 0.149 e. The Morgan fingerprint density at radius 2 is 1.24 bits per heavy atom. The van der Waals surface area contributed by atoms with Gasteiger partial charge in [-0.1, -0.05) is 83.6 Å². The summed E-state index contributed by atoms with van der Waals surface area (Å²) in [5.74, 6) is 0. The quantitative estimate of drug-likeness (QED) is 0.452. The van der Waals surface area contributed by atoms with Gasteiger partial charge in [0, 0.05) is 21.2 Å². The van der Waals surface area contributed by atoms with Crippen molar-refractivity contribution in [2.45, 2.75) is 23.8 Å². The molecule has 0 aliphatic rings. The van der Waals surface area contributed by atoms with Gasteiger partial charge in [0.2, 0.25) is 0 Å². The van der Waals surface area contributed by atoms with E-state index in [1.54, 1.807) is 11.8 Å². The number of benzene rings is 3. The minimum atomic E-state index is 0.934. The van der Waals surface area contributed by atoms with E-state index in [0.717, 1.165) is 27.1 Å². The molecule has 0 radical (unpaired) electrons. The van der Waals surface area contributed by atoms with Crippen LogP contribution in [0, 0.1) is 13.8 Å². The molecular formula is C22H18N2S. The first-order valence-electron chi connectivity index (χ1n) is 8.28. The maximum atomic E-state index is 4.55. The molecule has 0 unspecified atom stereocenters. The summed E-state index contributed by atoms with van der Waals surface area (Å²) in [4.78, 5) is 1.17. The Hall–Kier alpha value is -2.65. The predicted molar refractivity (Wildman–Crippen MR) is 105 cm³/mol. The molecule has 2 nitrogen and oxygen atoms in total. The average Bonchev–Trinajstić information content (AvgIpc) is 2.65. The normalized spacial score (nSPS) is 11.0. The van der Waals surface area contributed by atoms with Gasteiger partial charge in [0.15, 0.2) is 0 Å². The van der Waals surface area contributed by atoms with Crippen molar-refractivity contribution >= 4 is 22.5 Å². The highest BCUT2D eigenvalue weighted by molar-refractivity contribution is 7.99. The van der Waals surface area contributed by atoms with Crippen LogP contribution in [0.4, 0.5) is 0 Å². The average molecular weight is 342 g/mol. The molecule has 0 bridgehead atoms. The summed E-state index contributed by atoms with van der Waals surface area (Å²) in [5, 5.41) is 12.3. The van der Waals surface area contributed by atoms with Crippen LogP contribution in [-0.4, -0.2) is 10.2 Å². The number of aryl methyl sites for hydroxylation is 2. The Balaban J connectivity index is 1.81. The van der Waals surface area contributed by atoms with Crippen LogP contribution in [0.2, 0.25) is 0 Å². The van der Waals surface area contributed by atoms with Crippen molar-refractivity contribution in [3.63, 3.8) is 0 Å². The summed E-state index contributed by atoms with van der Waals surface area (Å²) in [6, 6.07) is 25.3. The van der Waals surface area contributed by atoms with Crippen molar-refractivity contribution in [1.82, 2.24) is 10.2 Å². The smallest absolute Gasteiger partial charge is 0.131 e. The molecular weight excluding hydrogens is 324 g/mol. The Kier molecular flexibility index (Phi) is 4.24. The van der Waals surface area contributed by atoms with Crippen LogP contribution in [0.25, 0.3) is 22.0 Å². The van der Waals surface area contributed by atoms with Crippen molar-refractivity contribution in [2.75, 3.05) is 0 Å². The summed E-state index contributed by atoms with van der Waals surface area (Å²) in [6.07, 6.45) is 0. The van der Waals surface area contributed by atoms with E-state index in [2.05, 4.69) is 96.8 Å². The van der Waals surface area contributed by atoms with Crippen LogP contribution in [0.5, 0.6) is 0 Å². The highest BCUT2D eigenvalue weighted by atomic mass is 32.2. The second-order valence-electron chi connectivity index (χ2n) is 6.18. The standard InChI is InChI=1S/C22H18N2S/c1-15-7-11-17(12-8-15)21-19-5-3-4-6-20(19)22(24-23-21)25-18-13-9-16(2)10-14-18/h3-14H,1-2H3. The van der Waals surface area contributed by atoms with E-state index in [4.69, 9.17) is 0 Å². The number of nitrogens with zero attached hydrogens (tertiary/aromatic N) is 2. The van der Waals surface area contributed by atoms with Gasteiger partial charge >= 0.3 is 0 Å². The topological polar surface area (TPSA) is 25.8 Å². The van der Waals surface area contributed by atoms with Gasteiger partial charge in [0.05, 0.1) is 0 Å². The van der Waals surface area contributed by atoms with E-state index in [-0.39, 0.29) is 0 Å². The summed E-state index contributed by atoms with van der Waals surface area (Å²) in [5.41, 5.74) is 4.53. The lowest BCUT2D eigenvalue weighted by atomic mass is 10.0. The van der Waals surface area contributed by atoms with Crippen molar-refractivity contribution in [3.05, 3.63) is 83.9 Å². The zero-order valence-electron chi connectivity index (χ0n) is 14.2. The lowest BCUT2D eigenvalue weighted by Crippen LogP contribution is -1.93. The Morgan fingerprint density at radius 3 is 1.92 bits per heavy atom. The van der Waals surface area contributed by atoms with Gasteiger partial charge in [0.1, 0.15) is 10.7 Å². The third-order valence-electron chi connectivity index (χ3n) is 4.21. The van der Waals surface area contributed by atoms with E-state index in [0.29, 0.717) is 0 Å². The predicted octanol–water partition coefficient (Wildman–Crippen LogP) is 6.06. The highest BCUT2D eigenvalue weighted by Gasteiger charge is 2.11. The molecule has 0 amide bonds. The molecule has 0 aliphatic carbocycles. The van der Waals surface area contributed by atoms with Gasteiger partial charge in [0.25, 0.3) is 0 Å². The fourth-order valence-electron chi connectivity index (χ4n) is 2.80. The van der Waals surface area contributed by atoms with Crippen molar-refractivity contribution < 1.29 is 0 Å². The summed E-state index contributed by atoms with van der Waals surface area (Å²) >= 11 is 1.66. The second-order valence-corrected chi connectivity index (χ2v) is 7.24. The molecule has 0 saturated heterocycles. The Bertz CT molecular complexity index is 1020. The molecule has 3 aromatic carbocycles. The van der Waals surface area contributed by atoms with Crippen molar-refractivity contribution in [2.24, 2.45) is 0 Å². The van der Waals surface area contributed by atoms with Gasteiger partial charge in [-0.15, -0.1) is 10.2 Å². The zero-order valence-corrected chi connectivity index (χ0v) is 15.0. The molecule has 4 aromatic rings. The van der Waals surface area contributed by atoms with Crippen molar-refractivity contribution in [1.29, 1.82) is 0 Å². The first kappa shape index (κ1) is 15.9. The summed E-state index contributed by atoms with van der Waals surface area (Å²) in [7, 11) is 0. The van der Waals surface area contributed by atoms with E-state index >= 15 is 0 Å². The lowest BCUT2D eigenvalue weighted by molar-refractivity contribution is 0.961. The second kappa shape index (κ2) is 6.69. The number of hydrogen-bond acceptors (Lipinski definition) is 3. The summed E-state index contributed by atoms with van der Waals surface area (Å²) in [6.45, 7) is 4.19. The fourth-order valence-corrected chi connectivity index (χ4v) is 3.66. The van der Waals surface area contributed by atoms with E-state index in [9.17, 15) is 0 Å². The molecule has 0 saturated carbocycles. The number of rotatable bonds is 3. The monoisotopic (exact) mass is 342 g/mol. The van der Waals surface area contributed by atoms with Crippen LogP contribution < -0.4 is 0 Å². The third-order valence-corrected chi connectivity index (χ3v) is 5.22. The molecule has 1 heterocycles. The molecule has 4 rings (SSSR count). The SMILES string of the molecule is Cc1ccc(Sc2nnc(-c3ccc(C)cc3)c3ccccc23)cc1. The van der Waals surface area contributed by atoms with Gasteiger partial charge < -0.3 is 0 Å². The third kappa shape index (κ3) is 3.28. The molecule has 0 fully saturated rings. The van der Waals surface area contributed by atoms with Crippen LogP contribution >= 0.6 is 11.8 Å². The number of hydrogen-bond donors (Lipinski definition) is 0. The molecule has 3 heteroatoms. The lowest BCUT2D eigenvalue weighted by Gasteiger charge is -2.09. The zero-order chi connectivity index (χ0) is 17.2. The van der Waals surface area contributed by atoms with Gasteiger partial charge in [-0.2, -0.15) is 0 Å². The minimum Gasteiger partial charge on any atom is -0.149 e. The molecule has 1 aromatic heterocycles. The first-order valence-corrected chi connectivity index (χ1v) is 9.09. The minimum absolute atomic E-state index is 0.934. The molecule has 0 N–H and O–H groups in total. The molecule has 25 heavy (non-hydrogen) atoms. The first-order chi connectivity index (χ1) is 12.2. The van der Waals surface area contributed by atoms with E-state index in [1.807, 2.05) is 0 Å². The maximum Gasteiger partial charge on any atom is 0.131 e. The Morgan fingerprint density at radius 1 is 0.640 bits per heavy atom. The van der Waals surface area contributed by atoms with Gasteiger partial charge in [-0.25, -0.2) is 0 Å². The van der Waals surface area contributed by atoms with Gasteiger partial charge in [-0.05, 0) is 26.0 Å². The van der Waals surface area contributed by atoms with Crippen LogP contribution in [0.3, 0.4) is 0 Å². The van der Waals surface area contributed by atoms with E-state index < -0.39 is 0 Å². The Labute approximate surface area is 151 Å². The van der Waals surface area contributed by atoms with Crippen LogP contribution in [0.1, 0.15) is 11.1 Å². The fraction of sp³-hybridized carbons (Fsp3) is 0.0909. The molecule has 0 atom stereocenters. The van der Waals surface area contributed by atoms with Crippen molar-refractivity contribution in [3.8, 4) is 11.3 Å². The van der Waals surface area contributed by atoms with E-state index in [1.165, 1.54) is 16.0 Å². The molecule has 0 spiro atoms. The number of fused-ring (bicyclic) bond motifs is 1. The molecule has 0 aliphatic heterocycles. The molecule has 122 valence electrons. The summed E-state index contributed by atoms with van der Waals surface area (Å²) < 4.78 is 0. The number of aromatic nitrogens is 2.